The maximum Gasteiger partial charge on any atom is 0.252 e. The molecule has 0 bridgehead atoms. The second-order valence-corrected chi connectivity index (χ2v) is 15.9. The molecule has 53 heavy (non-hydrogen) atoms. The summed E-state index contributed by atoms with van der Waals surface area (Å²) in [5.41, 5.74) is 4.63. The smallest absolute Gasteiger partial charge is 0.252 e. The number of benzene rings is 1. The third kappa shape index (κ3) is 10.6. The summed E-state index contributed by atoms with van der Waals surface area (Å²) < 4.78 is 0. The molecule has 0 spiro atoms. The van der Waals surface area contributed by atoms with Crippen LogP contribution in [0.4, 0.5) is 5.82 Å². The lowest BCUT2D eigenvalue weighted by Gasteiger charge is -2.35. The van der Waals surface area contributed by atoms with Crippen LogP contribution < -0.4 is 26.2 Å². The normalized spacial score (nSPS) is 18.7. The number of unbranched alkanes of at least 4 members (excludes halogenated alkanes) is 2. The number of anilines is 1. The number of nitrogens with one attached hydrogen (secondary N) is 4. The quantitative estimate of drug-likeness (QED) is 0.155. The lowest BCUT2D eigenvalue weighted by atomic mass is 9.85. The van der Waals surface area contributed by atoms with Crippen LogP contribution in [0, 0.1) is 12.3 Å². The molecule has 2 saturated heterocycles. The number of carbonyl (C=O) groups excluding carboxylic acids is 4. The van der Waals surface area contributed by atoms with Crippen molar-refractivity contribution in [2.45, 2.75) is 91.0 Å². The number of hydrogen-bond acceptors (Lipinski definition) is 10. The van der Waals surface area contributed by atoms with Crippen LogP contribution in [0.25, 0.3) is 10.4 Å². The first-order valence-electron chi connectivity index (χ1n) is 18.6. The molecule has 4 amide bonds. The van der Waals surface area contributed by atoms with Crippen LogP contribution in [0.3, 0.4) is 0 Å². The van der Waals surface area contributed by atoms with Crippen molar-refractivity contribution < 1.29 is 24.3 Å². The molecular weight excluding hydrogens is 693 g/mol. The summed E-state index contributed by atoms with van der Waals surface area (Å²) in [5.74, 6) is -0.314. The van der Waals surface area contributed by atoms with Gasteiger partial charge in [-0.05, 0) is 55.4 Å². The zero-order valence-corrected chi connectivity index (χ0v) is 32.3. The van der Waals surface area contributed by atoms with Crippen LogP contribution in [0.5, 0.6) is 0 Å². The average molecular weight is 747 g/mol. The highest BCUT2D eigenvalue weighted by molar-refractivity contribution is 7.13. The van der Waals surface area contributed by atoms with Crippen molar-refractivity contribution in [3.05, 3.63) is 64.9 Å². The molecule has 2 fully saturated rings. The zero-order chi connectivity index (χ0) is 38.1. The number of aromatic nitrogens is 2. The first kappa shape index (κ1) is 39.8. The highest BCUT2D eigenvalue weighted by atomic mass is 32.1. The Morgan fingerprint density at radius 2 is 1.74 bits per heavy atom. The predicted octanol–water partition coefficient (Wildman–Crippen LogP) is 3.58. The van der Waals surface area contributed by atoms with Gasteiger partial charge in [-0.15, -0.1) is 11.3 Å². The summed E-state index contributed by atoms with van der Waals surface area (Å²) in [6.45, 7) is 13.6. The number of likely N-dealkylation sites (tertiary alicyclic amines) is 1. The number of hydrogen-bond donors (Lipinski definition) is 5. The molecule has 5 N–H and O–H groups in total. The van der Waals surface area contributed by atoms with Gasteiger partial charge in [0.2, 0.25) is 17.7 Å². The molecule has 3 aromatic rings. The minimum absolute atomic E-state index is 0.0126. The second-order valence-electron chi connectivity index (χ2n) is 15.1. The Labute approximate surface area is 316 Å². The van der Waals surface area contributed by atoms with Crippen LogP contribution in [0.15, 0.2) is 48.1 Å². The van der Waals surface area contributed by atoms with Gasteiger partial charge in [0.15, 0.2) is 0 Å². The number of aliphatic hydroxyl groups is 1. The molecule has 4 heterocycles. The predicted molar refractivity (Wildman–Crippen MR) is 206 cm³/mol. The second kappa shape index (κ2) is 18.1. The minimum atomic E-state index is -0.887. The Kier molecular flexibility index (Phi) is 13.6. The van der Waals surface area contributed by atoms with Crippen LogP contribution in [-0.2, 0) is 14.4 Å². The van der Waals surface area contributed by atoms with E-state index in [0.29, 0.717) is 31.4 Å². The van der Waals surface area contributed by atoms with Gasteiger partial charge < -0.3 is 36.2 Å². The molecule has 14 heteroatoms. The lowest BCUT2D eigenvalue weighted by Crippen LogP contribution is -2.57. The van der Waals surface area contributed by atoms with Crippen LogP contribution in [0.1, 0.15) is 87.5 Å². The van der Waals surface area contributed by atoms with Gasteiger partial charge in [-0.3, -0.25) is 19.2 Å². The molecule has 13 nitrogen and oxygen atoms in total. The van der Waals surface area contributed by atoms with E-state index in [9.17, 15) is 24.3 Å². The number of carbonyl (C=O) groups is 4. The van der Waals surface area contributed by atoms with Gasteiger partial charge in [0.25, 0.3) is 5.91 Å². The first-order chi connectivity index (χ1) is 25.3. The Morgan fingerprint density at radius 1 is 1.00 bits per heavy atom. The summed E-state index contributed by atoms with van der Waals surface area (Å²) in [6.07, 6.45) is 3.09. The highest BCUT2D eigenvalue weighted by Crippen LogP contribution is 2.29. The van der Waals surface area contributed by atoms with Crippen molar-refractivity contribution in [2.24, 2.45) is 5.41 Å². The van der Waals surface area contributed by atoms with Crippen molar-refractivity contribution in [3.8, 4) is 10.4 Å². The zero-order valence-electron chi connectivity index (χ0n) is 31.5. The first-order valence-corrected chi connectivity index (χ1v) is 19.5. The maximum atomic E-state index is 14.0. The molecule has 0 saturated carbocycles. The summed E-state index contributed by atoms with van der Waals surface area (Å²) in [5, 5.41) is 22.8. The van der Waals surface area contributed by atoms with Crippen molar-refractivity contribution in [3.63, 3.8) is 0 Å². The Hall–Kier alpha value is -4.40. The van der Waals surface area contributed by atoms with E-state index in [0.717, 1.165) is 53.7 Å². The molecule has 286 valence electrons. The fraction of sp³-hybridized carbons (Fsp3) is 0.538. The Balaban J connectivity index is 1.07. The van der Waals surface area contributed by atoms with Crippen molar-refractivity contribution in [1.29, 1.82) is 0 Å². The van der Waals surface area contributed by atoms with Gasteiger partial charge in [0, 0.05) is 58.3 Å². The van der Waals surface area contributed by atoms with E-state index in [1.807, 2.05) is 70.5 Å². The molecule has 0 radical (unpaired) electrons. The van der Waals surface area contributed by atoms with Crippen molar-refractivity contribution >= 4 is 40.8 Å². The van der Waals surface area contributed by atoms with Gasteiger partial charge in [0.05, 0.1) is 33.8 Å². The van der Waals surface area contributed by atoms with Crippen LogP contribution in [-0.4, -0.2) is 101 Å². The number of rotatable bonds is 14. The van der Waals surface area contributed by atoms with E-state index in [4.69, 9.17) is 0 Å². The number of nitrogens with zero attached hydrogens (tertiary/aromatic N) is 4. The summed E-state index contributed by atoms with van der Waals surface area (Å²) in [7, 11) is 0. The van der Waals surface area contributed by atoms with E-state index in [1.165, 1.54) is 4.90 Å². The van der Waals surface area contributed by atoms with E-state index in [-0.39, 0.29) is 43.1 Å². The molecule has 1 aromatic carbocycles. The fourth-order valence-electron chi connectivity index (χ4n) is 6.74. The molecule has 0 unspecified atom stereocenters. The number of aliphatic hydroxyl groups excluding tert-OH is 1. The van der Waals surface area contributed by atoms with Gasteiger partial charge >= 0.3 is 0 Å². The minimum Gasteiger partial charge on any atom is -0.391 e. The molecule has 5 rings (SSSR count). The molecule has 2 aromatic heterocycles. The summed E-state index contributed by atoms with van der Waals surface area (Å²) in [6, 6.07) is 9.55. The third-order valence-electron chi connectivity index (χ3n) is 9.88. The van der Waals surface area contributed by atoms with Gasteiger partial charge in [0.1, 0.15) is 17.9 Å². The topological polar surface area (TPSA) is 169 Å². The van der Waals surface area contributed by atoms with E-state index in [1.54, 1.807) is 23.6 Å². The summed E-state index contributed by atoms with van der Waals surface area (Å²) in [4.78, 5) is 66.7. The number of thiazole rings is 1. The van der Waals surface area contributed by atoms with Crippen LogP contribution in [0.2, 0.25) is 0 Å². The molecule has 2 aliphatic rings. The monoisotopic (exact) mass is 746 g/mol. The number of amides is 4. The maximum absolute atomic E-state index is 14.0. The molecular formula is C39H54N8O5S. The summed E-state index contributed by atoms with van der Waals surface area (Å²) >= 11 is 1.58. The van der Waals surface area contributed by atoms with Crippen LogP contribution >= 0.6 is 11.3 Å². The van der Waals surface area contributed by atoms with E-state index in [2.05, 4.69) is 36.1 Å². The number of β-amino-alcohol motifs (C(OH)–C–C–N with tert-alkyl or cyclic N) is 1. The van der Waals surface area contributed by atoms with Crippen molar-refractivity contribution in [2.75, 3.05) is 44.2 Å². The number of piperazine rings is 1. The molecule has 4 atom stereocenters. The van der Waals surface area contributed by atoms with Gasteiger partial charge in [-0.1, -0.05) is 51.5 Å². The standard InChI is InChI=1S/C39H54N8O5S/c1-25(27-10-12-28(13-11-27)34-26(2)43-24-53-34)44-37(51)31-21-30(48)23-47(31)38(52)35(39(3,4)5)45-33(49)9-7-6-8-16-41-36(50)29-14-15-32(42-22-29)46-19-17-40-18-20-46/h10-15,22,24-25,30-31,35,40,48H,6-9,16-21,23H2,1-5H3,(H,41,50)(H,44,51)(H,45,49)/t25-,30+,31-,35+/m0/s1. The largest absolute Gasteiger partial charge is 0.391 e. The fourth-order valence-corrected chi connectivity index (χ4v) is 7.55. The lowest BCUT2D eigenvalue weighted by molar-refractivity contribution is -0.144. The molecule has 2 aliphatic heterocycles. The van der Waals surface area contributed by atoms with E-state index >= 15 is 0 Å². The van der Waals surface area contributed by atoms with Crippen molar-refractivity contribution in [1.82, 2.24) is 36.1 Å². The highest BCUT2D eigenvalue weighted by Gasteiger charge is 2.44. The van der Waals surface area contributed by atoms with Gasteiger partial charge in [-0.2, -0.15) is 0 Å². The molecule has 0 aliphatic carbocycles. The van der Waals surface area contributed by atoms with E-state index < -0.39 is 29.5 Å². The Morgan fingerprint density at radius 3 is 2.38 bits per heavy atom. The number of pyridine rings is 1. The third-order valence-corrected chi connectivity index (χ3v) is 10.9. The van der Waals surface area contributed by atoms with Gasteiger partial charge in [-0.25, -0.2) is 9.97 Å². The Bertz CT molecular complexity index is 1700. The SMILES string of the molecule is Cc1ncsc1-c1ccc([C@H](C)NC(=O)[C@@H]2C[C@@H](O)CN2C(=O)[C@@H](NC(=O)CCCCCNC(=O)c2ccc(N3CCNCC3)nc2)C(C)(C)C)cc1. The average Bonchev–Trinajstić information content (AvgIpc) is 3.76. The number of aryl methyl sites for hydroxylation is 1.